The Labute approximate surface area is 132 Å². The zero-order chi connectivity index (χ0) is 17.3. The Bertz CT molecular complexity index is 868. The number of hydrogen-bond acceptors (Lipinski definition) is 5. The maximum Gasteiger partial charge on any atom is 0.471 e. The number of hydrogen-bond donors (Lipinski definition) is 1. The van der Waals surface area contributed by atoms with Crippen LogP contribution in [0.25, 0.3) is 11.4 Å². The normalized spacial score (nSPS) is 11.6. The molecule has 0 saturated heterocycles. The first-order valence-corrected chi connectivity index (χ1v) is 6.59. The van der Waals surface area contributed by atoms with Gasteiger partial charge in [-0.05, 0) is 5.56 Å². The molecule has 0 aliphatic carbocycles. The second kappa shape index (κ2) is 5.80. The van der Waals surface area contributed by atoms with Crippen LogP contribution in [0, 0.1) is 0 Å². The van der Waals surface area contributed by atoms with Crippen molar-refractivity contribution >= 4 is 5.97 Å². The molecule has 3 rings (SSSR count). The van der Waals surface area contributed by atoms with Gasteiger partial charge in [0.1, 0.15) is 0 Å². The average Bonchev–Trinajstić information content (AvgIpc) is 3.16. The van der Waals surface area contributed by atoms with Crippen molar-refractivity contribution in [1.82, 2.24) is 19.9 Å². The molecule has 24 heavy (non-hydrogen) atoms. The summed E-state index contributed by atoms with van der Waals surface area (Å²) in [5.41, 5.74) is 1.21. The van der Waals surface area contributed by atoms with E-state index >= 15 is 0 Å². The summed E-state index contributed by atoms with van der Waals surface area (Å²) in [6.07, 6.45) is -2.08. The second-order valence-electron chi connectivity index (χ2n) is 4.85. The van der Waals surface area contributed by atoms with E-state index in [0.29, 0.717) is 12.1 Å². The van der Waals surface area contributed by atoms with Gasteiger partial charge in [-0.15, -0.1) is 0 Å². The van der Waals surface area contributed by atoms with Gasteiger partial charge in [-0.1, -0.05) is 29.4 Å². The number of nitrogens with zero attached hydrogens (tertiary/aromatic N) is 4. The first-order valence-electron chi connectivity index (χ1n) is 6.59. The number of halogens is 3. The van der Waals surface area contributed by atoms with Gasteiger partial charge in [0, 0.05) is 11.8 Å². The van der Waals surface area contributed by atoms with E-state index in [-0.39, 0.29) is 11.4 Å². The van der Waals surface area contributed by atoms with Crippen LogP contribution in [-0.4, -0.2) is 31.0 Å². The Balaban J connectivity index is 1.75. The van der Waals surface area contributed by atoms with E-state index in [1.807, 2.05) is 0 Å². The van der Waals surface area contributed by atoms with Crippen molar-refractivity contribution in [2.45, 2.75) is 12.7 Å². The third-order valence-electron chi connectivity index (χ3n) is 3.11. The molecule has 0 amide bonds. The zero-order valence-electron chi connectivity index (χ0n) is 11.9. The number of rotatable bonds is 4. The minimum atomic E-state index is -4.69. The summed E-state index contributed by atoms with van der Waals surface area (Å²) in [5.74, 6) is -2.64. The molecule has 1 N–H and O–H groups in total. The molecular formula is C14H9F3N4O3. The molecule has 0 atom stereocenters. The summed E-state index contributed by atoms with van der Waals surface area (Å²) in [6.45, 7) is 0.313. The molecule has 10 heteroatoms. The van der Waals surface area contributed by atoms with E-state index in [1.165, 1.54) is 17.1 Å². The first kappa shape index (κ1) is 15.7. The van der Waals surface area contributed by atoms with Crippen molar-refractivity contribution in [2.24, 2.45) is 0 Å². The van der Waals surface area contributed by atoms with Crippen molar-refractivity contribution in [1.29, 1.82) is 0 Å². The van der Waals surface area contributed by atoms with Crippen LogP contribution in [0.4, 0.5) is 13.2 Å². The van der Waals surface area contributed by atoms with Crippen LogP contribution in [0.15, 0.2) is 41.2 Å². The summed E-state index contributed by atoms with van der Waals surface area (Å²) in [6, 6.07) is 6.39. The van der Waals surface area contributed by atoms with Crippen LogP contribution >= 0.6 is 0 Å². The summed E-state index contributed by atoms with van der Waals surface area (Å²) in [7, 11) is 0. The van der Waals surface area contributed by atoms with Gasteiger partial charge < -0.3 is 9.63 Å². The maximum atomic E-state index is 12.4. The third-order valence-corrected chi connectivity index (χ3v) is 3.11. The van der Waals surface area contributed by atoms with E-state index in [0.717, 1.165) is 5.56 Å². The standard InChI is InChI=1S/C14H9F3N4O3/c15-14(16,17)13-19-11(20-24-13)9-3-1-8(2-4-9)6-21-7-10(5-18-21)12(22)23/h1-5,7H,6H2,(H,22,23). The summed E-state index contributed by atoms with van der Waals surface area (Å²) >= 11 is 0. The van der Waals surface area contributed by atoms with Gasteiger partial charge in [0.2, 0.25) is 5.82 Å². The number of aromatic carboxylic acids is 1. The molecule has 0 fully saturated rings. The predicted octanol–water partition coefficient (Wildman–Crippen LogP) is 2.70. The lowest BCUT2D eigenvalue weighted by molar-refractivity contribution is -0.159. The highest BCUT2D eigenvalue weighted by molar-refractivity contribution is 5.86. The molecular weight excluding hydrogens is 329 g/mol. The Morgan fingerprint density at radius 1 is 1.25 bits per heavy atom. The molecule has 0 aliphatic heterocycles. The Morgan fingerprint density at radius 2 is 1.96 bits per heavy atom. The molecule has 3 aromatic rings. The molecule has 0 radical (unpaired) electrons. The van der Waals surface area contributed by atoms with Crippen LogP contribution in [0.5, 0.6) is 0 Å². The predicted molar refractivity (Wildman–Crippen MR) is 73.0 cm³/mol. The molecule has 124 valence electrons. The second-order valence-corrected chi connectivity index (χ2v) is 4.85. The molecule has 0 unspecified atom stereocenters. The summed E-state index contributed by atoms with van der Waals surface area (Å²) in [5, 5.41) is 16.0. The zero-order valence-corrected chi connectivity index (χ0v) is 11.9. The van der Waals surface area contributed by atoms with Gasteiger partial charge >= 0.3 is 18.0 Å². The highest BCUT2D eigenvalue weighted by Crippen LogP contribution is 2.29. The van der Waals surface area contributed by atoms with Gasteiger partial charge in [0.15, 0.2) is 0 Å². The molecule has 1 aromatic carbocycles. The number of benzene rings is 1. The number of carboxylic acid groups (broad SMARTS) is 1. The number of carboxylic acids is 1. The Hall–Kier alpha value is -3.17. The molecule has 0 saturated carbocycles. The average molecular weight is 338 g/mol. The SMILES string of the molecule is O=C(O)c1cnn(Cc2ccc(-c3noc(C(F)(F)F)n3)cc2)c1. The van der Waals surface area contributed by atoms with Crippen LogP contribution in [0.2, 0.25) is 0 Å². The van der Waals surface area contributed by atoms with Crippen LogP contribution < -0.4 is 0 Å². The van der Waals surface area contributed by atoms with E-state index in [2.05, 4.69) is 19.8 Å². The van der Waals surface area contributed by atoms with E-state index < -0.39 is 18.0 Å². The molecule has 2 heterocycles. The fourth-order valence-corrected chi connectivity index (χ4v) is 1.96. The van der Waals surface area contributed by atoms with E-state index in [1.54, 1.807) is 24.3 Å². The monoisotopic (exact) mass is 338 g/mol. The smallest absolute Gasteiger partial charge is 0.471 e. The van der Waals surface area contributed by atoms with Gasteiger partial charge in [0.25, 0.3) is 0 Å². The molecule has 0 bridgehead atoms. The summed E-state index contributed by atoms with van der Waals surface area (Å²) < 4.78 is 42.9. The van der Waals surface area contributed by atoms with Gasteiger partial charge in [-0.2, -0.15) is 23.3 Å². The van der Waals surface area contributed by atoms with Crippen LogP contribution in [-0.2, 0) is 12.7 Å². The van der Waals surface area contributed by atoms with Crippen molar-refractivity contribution in [3.05, 3.63) is 53.7 Å². The topological polar surface area (TPSA) is 94.0 Å². The van der Waals surface area contributed by atoms with Gasteiger partial charge in [0.05, 0.1) is 18.3 Å². The fourth-order valence-electron chi connectivity index (χ4n) is 1.96. The highest BCUT2D eigenvalue weighted by atomic mass is 19.4. The highest BCUT2D eigenvalue weighted by Gasteiger charge is 2.38. The first-order chi connectivity index (χ1) is 11.3. The number of aromatic nitrogens is 4. The minimum absolute atomic E-state index is 0.0677. The lowest BCUT2D eigenvalue weighted by Crippen LogP contribution is -2.04. The lowest BCUT2D eigenvalue weighted by atomic mass is 10.1. The van der Waals surface area contributed by atoms with Gasteiger partial charge in [-0.25, -0.2) is 4.79 Å². The fraction of sp³-hybridized carbons (Fsp3) is 0.143. The number of alkyl halides is 3. The van der Waals surface area contributed by atoms with Crippen molar-refractivity contribution in [3.63, 3.8) is 0 Å². The third kappa shape index (κ3) is 3.26. The maximum absolute atomic E-state index is 12.4. The molecule has 0 aliphatic rings. The Morgan fingerprint density at radius 3 is 2.50 bits per heavy atom. The van der Waals surface area contributed by atoms with Crippen LogP contribution in [0.1, 0.15) is 21.8 Å². The lowest BCUT2D eigenvalue weighted by Gasteiger charge is -2.02. The quantitative estimate of drug-likeness (QED) is 0.786. The van der Waals surface area contributed by atoms with E-state index in [9.17, 15) is 18.0 Å². The Kier molecular flexibility index (Phi) is 3.80. The molecule has 7 nitrogen and oxygen atoms in total. The molecule has 2 aromatic heterocycles. The van der Waals surface area contributed by atoms with E-state index in [4.69, 9.17) is 5.11 Å². The largest absolute Gasteiger partial charge is 0.478 e. The van der Waals surface area contributed by atoms with Gasteiger partial charge in [-0.3, -0.25) is 4.68 Å². The minimum Gasteiger partial charge on any atom is -0.478 e. The van der Waals surface area contributed by atoms with Crippen molar-refractivity contribution < 1.29 is 27.6 Å². The molecule has 0 spiro atoms. The van der Waals surface area contributed by atoms with Crippen molar-refractivity contribution in [3.8, 4) is 11.4 Å². The summed E-state index contributed by atoms with van der Waals surface area (Å²) in [4.78, 5) is 14.1. The number of carbonyl (C=O) groups is 1. The van der Waals surface area contributed by atoms with Crippen molar-refractivity contribution in [2.75, 3.05) is 0 Å². The van der Waals surface area contributed by atoms with Crippen LogP contribution in [0.3, 0.4) is 0 Å².